The lowest BCUT2D eigenvalue weighted by molar-refractivity contribution is 0.548. The predicted molar refractivity (Wildman–Crippen MR) is 112 cm³/mol. The predicted octanol–water partition coefficient (Wildman–Crippen LogP) is 5.92. The van der Waals surface area contributed by atoms with Gasteiger partial charge in [-0.25, -0.2) is 0 Å². The molecule has 0 saturated heterocycles. The molecule has 0 aliphatic heterocycles. The molecule has 0 amide bonds. The fourth-order valence-electron chi connectivity index (χ4n) is 2.98. The summed E-state index contributed by atoms with van der Waals surface area (Å²) >= 11 is 0. The highest BCUT2D eigenvalue weighted by atomic mass is 31.2. The molecule has 2 nitrogen and oxygen atoms in total. The monoisotopic (exact) mass is 376 g/mol. The summed E-state index contributed by atoms with van der Waals surface area (Å²) in [6, 6.07) is 19.2. The summed E-state index contributed by atoms with van der Waals surface area (Å²) in [6.45, 7) is 12.0. The van der Waals surface area contributed by atoms with Gasteiger partial charge in [-0.2, -0.15) is 0 Å². The van der Waals surface area contributed by atoms with Gasteiger partial charge in [-0.05, 0) is 0 Å². The van der Waals surface area contributed by atoms with Crippen molar-refractivity contribution in [2.75, 3.05) is 5.90 Å². The van der Waals surface area contributed by atoms with E-state index in [2.05, 4.69) is 0 Å². The molecular weight excluding hydrogens is 346 g/mol. The highest BCUT2D eigenvalue weighted by Gasteiger charge is 2.48. The standard InChI is InChI=1S/C21H30O2P2/c1-20(2,3)24(22,18-13-9-7-10-14-18)17-25(23,21(4,5)6)19-15-11-8-12-16-19/h7-16H,17H2,1-6H3/t24-,25-/m1/s1. The Morgan fingerprint density at radius 1 is 0.600 bits per heavy atom. The molecule has 2 aromatic carbocycles. The zero-order valence-corrected chi connectivity index (χ0v) is 18.0. The first-order valence-corrected chi connectivity index (χ1v) is 12.5. The van der Waals surface area contributed by atoms with Crippen LogP contribution in [0.2, 0.25) is 0 Å². The van der Waals surface area contributed by atoms with Gasteiger partial charge in [0.1, 0.15) is 14.3 Å². The molecule has 4 heteroatoms. The first kappa shape index (κ1) is 20.2. The van der Waals surface area contributed by atoms with E-state index in [1.54, 1.807) is 0 Å². The Morgan fingerprint density at radius 2 is 0.880 bits per heavy atom. The summed E-state index contributed by atoms with van der Waals surface area (Å²) in [5, 5.41) is 0.736. The van der Waals surface area contributed by atoms with Crippen molar-refractivity contribution in [1.29, 1.82) is 0 Å². The van der Waals surface area contributed by atoms with Gasteiger partial charge in [-0.1, -0.05) is 102 Å². The van der Waals surface area contributed by atoms with Crippen LogP contribution >= 0.6 is 14.3 Å². The van der Waals surface area contributed by atoms with Gasteiger partial charge in [-0.3, -0.25) is 0 Å². The van der Waals surface area contributed by atoms with Crippen molar-refractivity contribution in [1.82, 2.24) is 0 Å². The molecule has 0 saturated carbocycles. The van der Waals surface area contributed by atoms with Crippen LogP contribution in [-0.2, 0) is 9.13 Å². The largest absolute Gasteiger partial charge is 0.318 e. The maximum Gasteiger partial charge on any atom is 0.128 e. The molecule has 0 aliphatic carbocycles. The molecule has 0 bridgehead atoms. The van der Waals surface area contributed by atoms with Gasteiger partial charge < -0.3 is 9.13 Å². The summed E-state index contributed by atoms with van der Waals surface area (Å²) in [5.74, 6) is 0.223. The van der Waals surface area contributed by atoms with Crippen molar-refractivity contribution in [2.24, 2.45) is 0 Å². The van der Waals surface area contributed by atoms with Crippen LogP contribution in [0.3, 0.4) is 0 Å². The molecule has 0 radical (unpaired) electrons. The Hall–Kier alpha value is -1.10. The molecule has 0 unspecified atom stereocenters. The van der Waals surface area contributed by atoms with E-state index in [0.717, 1.165) is 10.6 Å². The minimum atomic E-state index is -2.90. The molecule has 0 spiro atoms. The zero-order chi connectivity index (χ0) is 18.9. The van der Waals surface area contributed by atoms with Gasteiger partial charge in [-0.15, -0.1) is 0 Å². The van der Waals surface area contributed by atoms with E-state index >= 15 is 0 Å². The van der Waals surface area contributed by atoms with Crippen LogP contribution in [0.25, 0.3) is 0 Å². The molecule has 0 heterocycles. The van der Waals surface area contributed by atoms with Crippen LogP contribution in [0.5, 0.6) is 0 Å². The molecule has 25 heavy (non-hydrogen) atoms. The Kier molecular flexibility index (Phi) is 5.58. The smallest absolute Gasteiger partial charge is 0.128 e. The van der Waals surface area contributed by atoms with Crippen LogP contribution in [0.15, 0.2) is 60.7 Å². The molecule has 0 aromatic heterocycles. The summed E-state index contributed by atoms with van der Waals surface area (Å²) in [6.07, 6.45) is 0. The quantitative estimate of drug-likeness (QED) is 0.621. The molecule has 0 fully saturated rings. The van der Waals surface area contributed by atoms with Gasteiger partial charge in [0.2, 0.25) is 0 Å². The van der Waals surface area contributed by atoms with Gasteiger partial charge in [0.25, 0.3) is 0 Å². The first-order valence-electron chi connectivity index (χ1n) is 8.71. The highest BCUT2D eigenvalue weighted by Crippen LogP contribution is 2.70. The van der Waals surface area contributed by atoms with Crippen LogP contribution in [0.4, 0.5) is 0 Å². The van der Waals surface area contributed by atoms with Gasteiger partial charge >= 0.3 is 0 Å². The van der Waals surface area contributed by atoms with Gasteiger partial charge in [0.05, 0.1) is 5.90 Å². The average Bonchev–Trinajstić information content (AvgIpc) is 2.54. The molecule has 0 N–H and O–H groups in total. The Balaban J connectivity index is 2.68. The minimum absolute atomic E-state index is 0.223. The summed E-state index contributed by atoms with van der Waals surface area (Å²) in [7, 11) is -5.80. The summed E-state index contributed by atoms with van der Waals surface area (Å²) < 4.78 is 28.6. The van der Waals surface area contributed by atoms with E-state index in [4.69, 9.17) is 0 Å². The normalized spacial score (nSPS) is 17.5. The molecular formula is C21H30O2P2. The number of benzene rings is 2. The van der Waals surface area contributed by atoms with Crippen LogP contribution in [-0.4, -0.2) is 16.2 Å². The zero-order valence-electron chi connectivity index (χ0n) is 16.2. The Labute approximate surface area is 152 Å². The maximum atomic E-state index is 14.3. The van der Waals surface area contributed by atoms with Gasteiger partial charge in [0.15, 0.2) is 0 Å². The number of rotatable bonds is 4. The first-order chi connectivity index (χ1) is 11.4. The van der Waals surface area contributed by atoms with E-state index < -0.39 is 24.6 Å². The van der Waals surface area contributed by atoms with E-state index in [1.807, 2.05) is 102 Å². The lowest BCUT2D eigenvalue weighted by Crippen LogP contribution is -2.31. The lowest BCUT2D eigenvalue weighted by Gasteiger charge is -2.39. The molecule has 2 atom stereocenters. The van der Waals surface area contributed by atoms with Crippen molar-refractivity contribution in [3.8, 4) is 0 Å². The third-order valence-corrected chi connectivity index (χ3v) is 14.7. The van der Waals surface area contributed by atoms with Crippen molar-refractivity contribution in [3.63, 3.8) is 0 Å². The Morgan fingerprint density at radius 3 is 1.12 bits per heavy atom. The molecule has 136 valence electrons. The van der Waals surface area contributed by atoms with E-state index in [9.17, 15) is 9.13 Å². The lowest BCUT2D eigenvalue weighted by atomic mass is 10.3. The second kappa shape index (κ2) is 6.90. The number of hydrogen-bond donors (Lipinski definition) is 0. The topological polar surface area (TPSA) is 34.1 Å². The molecule has 2 aromatic rings. The maximum absolute atomic E-state index is 14.3. The fraction of sp³-hybridized carbons (Fsp3) is 0.429. The van der Waals surface area contributed by atoms with Crippen molar-refractivity contribution in [3.05, 3.63) is 60.7 Å². The van der Waals surface area contributed by atoms with Crippen LogP contribution in [0.1, 0.15) is 41.5 Å². The second-order valence-electron chi connectivity index (χ2n) is 8.63. The van der Waals surface area contributed by atoms with Crippen molar-refractivity contribution >= 4 is 24.9 Å². The van der Waals surface area contributed by atoms with Crippen molar-refractivity contribution < 1.29 is 9.13 Å². The van der Waals surface area contributed by atoms with E-state index in [1.165, 1.54) is 0 Å². The third-order valence-electron chi connectivity index (χ3n) is 4.91. The Bertz CT molecular complexity index is 728. The SMILES string of the molecule is CC(C)(C)[P@@](=O)(C[P@@](=O)(c1ccccc1)C(C)(C)C)c1ccccc1. The summed E-state index contributed by atoms with van der Waals surface area (Å²) in [4.78, 5) is 0. The second-order valence-corrected chi connectivity index (χ2v) is 16.4. The molecule has 0 aliphatic rings. The van der Waals surface area contributed by atoms with Crippen molar-refractivity contribution in [2.45, 2.75) is 51.9 Å². The highest BCUT2D eigenvalue weighted by molar-refractivity contribution is 7.88. The van der Waals surface area contributed by atoms with Crippen LogP contribution < -0.4 is 10.6 Å². The average molecular weight is 376 g/mol. The van der Waals surface area contributed by atoms with Crippen LogP contribution in [0, 0.1) is 0 Å². The third kappa shape index (κ3) is 3.86. The summed E-state index contributed by atoms with van der Waals surface area (Å²) in [5.41, 5.74) is 0. The van der Waals surface area contributed by atoms with E-state index in [-0.39, 0.29) is 5.90 Å². The fourth-order valence-corrected chi connectivity index (χ4v) is 12.8. The van der Waals surface area contributed by atoms with E-state index in [0.29, 0.717) is 0 Å². The number of hydrogen-bond acceptors (Lipinski definition) is 2. The minimum Gasteiger partial charge on any atom is -0.318 e. The molecule has 2 rings (SSSR count). The van der Waals surface area contributed by atoms with Gasteiger partial charge in [0, 0.05) is 20.9 Å².